The molecule has 0 aliphatic carbocycles. The minimum Gasteiger partial charge on any atom is -0.309 e. The second kappa shape index (κ2) is 6.81. The van der Waals surface area contributed by atoms with Gasteiger partial charge in [-0.1, -0.05) is 77.1 Å². The monoisotopic (exact) mass is 423 g/mol. The van der Waals surface area contributed by atoms with Crippen molar-refractivity contribution in [2.75, 3.05) is 0 Å². The van der Waals surface area contributed by atoms with Crippen molar-refractivity contribution in [3.63, 3.8) is 0 Å². The van der Waals surface area contributed by atoms with E-state index in [2.05, 4.69) is 118 Å². The fourth-order valence-electron chi connectivity index (χ4n) is 3.83. The topological polar surface area (TPSA) is 4.93 Å². The van der Waals surface area contributed by atoms with Crippen molar-refractivity contribution >= 4 is 43.8 Å². The van der Waals surface area contributed by atoms with E-state index in [1.54, 1.807) is 0 Å². The molecule has 0 aliphatic rings. The van der Waals surface area contributed by atoms with E-state index in [1.165, 1.54) is 32.9 Å². The van der Waals surface area contributed by atoms with Gasteiger partial charge < -0.3 is 4.57 Å². The van der Waals surface area contributed by atoms with Gasteiger partial charge in [0, 0.05) is 20.9 Å². The predicted octanol–water partition coefficient (Wildman–Crippen LogP) is 7.86. The second-order valence-electron chi connectivity index (χ2n) is 6.89. The Balaban J connectivity index is 1.78. The van der Waals surface area contributed by atoms with Crippen LogP contribution in [0, 0.1) is 0 Å². The first-order chi connectivity index (χ1) is 13.7. The lowest BCUT2D eigenvalue weighted by Crippen LogP contribution is -1.93. The largest absolute Gasteiger partial charge is 0.309 e. The molecule has 134 valence electrons. The summed E-state index contributed by atoms with van der Waals surface area (Å²) in [6.45, 7) is 3.86. The Morgan fingerprint density at radius 2 is 1.36 bits per heavy atom. The Labute approximate surface area is 172 Å². The van der Waals surface area contributed by atoms with Crippen LogP contribution in [0.15, 0.2) is 102 Å². The summed E-state index contributed by atoms with van der Waals surface area (Å²) >= 11 is 3.52. The number of fused-ring (bicyclic) bond motifs is 3. The van der Waals surface area contributed by atoms with Crippen LogP contribution in [0.2, 0.25) is 0 Å². The first-order valence-corrected chi connectivity index (χ1v) is 10.1. The molecule has 0 radical (unpaired) electrons. The summed E-state index contributed by atoms with van der Waals surface area (Å²) < 4.78 is 3.43. The van der Waals surface area contributed by atoms with Crippen molar-refractivity contribution in [2.24, 2.45) is 0 Å². The zero-order valence-electron chi connectivity index (χ0n) is 15.3. The molecule has 0 fully saturated rings. The summed E-state index contributed by atoms with van der Waals surface area (Å²) in [6, 6.07) is 32.4. The normalized spacial score (nSPS) is 11.2. The molecular formula is C26H18BrN. The van der Waals surface area contributed by atoms with Crippen molar-refractivity contribution in [3.8, 4) is 16.8 Å². The van der Waals surface area contributed by atoms with Gasteiger partial charge in [0.05, 0.1) is 11.0 Å². The Morgan fingerprint density at radius 1 is 0.679 bits per heavy atom. The first kappa shape index (κ1) is 17.0. The van der Waals surface area contributed by atoms with Crippen molar-refractivity contribution < 1.29 is 0 Å². The maximum atomic E-state index is 3.86. The molecule has 0 spiro atoms. The lowest BCUT2D eigenvalue weighted by molar-refractivity contribution is 1.18. The van der Waals surface area contributed by atoms with E-state index in [9.17, 15) is 0 Å². The summed E-state index contributed by atoms with van der Waals surface area (Å²) in [5.74, 6) is 0. The average Bonchev–Trinajstić information content (AvgIpc) is 3.08. The Hall–Kier alpha value is -3.10. The third-order valence-electron chi connectivity index (χ3n) is 5.24. The van der Waals surface area contributed by atoms with Crippen LogP contribution in [0.25, 0.3) is 44.7 Å². The van der Waals surface area contributed by atoms with Gasteiger partial charge >= 0.3 is 0 Å². The molecule has 5 rings (SSSR count). The second-order valence-corrected chi connectivity index (χ2v) is 7.80. The highest BCUT2D eigenvalue weighted by Crippen LogP contribution is 2.35. The number of hydrogen-bond acceptors (Lipinski definition) is 0. The highest BCUT2D eigenvalue weighted by molar-refractivity contribution is 9.10. The summed E-state index contributed by atoms with van der Waals surface area (Å²) in [7, 11) is 0. The van der Waals surface area contributed by atoms with Crippen LogP contribution in [0.1, 0.15) is 5.56 Å². The zero-order valence-corrected chi connectivity index (χ0v) is 16.9. The third-order valence-corrected chi connectivity index (χ3v) is 5.77. The van der Waals surface area contributed by atoms with Crippen LogP contribution < -0.4 is 0 Å². The van der Waals surface area contributed by atoms with Crippen LogP contribution in [0.5, 0.6) is 0 Å². The van der Waals surface area contributed by atoms with Gasteiger partial charge in [-0.15, -0.1) is 0 Å². The Morgan fingerprint density at radius 3 is 2.11 bits per heavy atom. The molecule has 0 amide bonds. The molecule has 0 aliphatic heterocycles. The molecule has 1 heterocycles. The highest BCUT2D eigenvalue weighted by Gasteiger charge is 2.12. The molecule has 0 bridgehead atoms. The molecule has 0 saturated carbocycles. The van der Waals surface area contributed by atoms with E-state index in [4.69, 9.17) is 0 Å². The first-order valence-electron chi connectivity index (χ1n) is 9.26. The number of rotatable bonds is 3. The molecule has 5 aromatic rings. The van der Waals surface area contributed by atoms with Crippen LogP contribution in [-0.2, 0) is 0 Å². The minimum absolute atomic E-state index is 1.09. The summed E-state index contributed by atoms with van der Waals surface area (Å²) in [5, 5.41) is 2.54. The van der Waals surface area contributed by atoms with Crippen LogP contribution >= 0.6 is 15.9 Å². The van der Waals surface area contributed by atoms with E-state index >= 15 is 0 Å². The maximum Gasteiger partial charge on any atom is 0.0541 e. The molecule has 0 N–H and O–H groups in total. The van der Waals surface area contributed by atoms with Crippen molar-refractivity contribution in [2.45, 2.75) is 0 Å². The van der Waals surface area contributed by atoms with E-state index in [0.717, 1.165) is 15.7 Å². The Kier molecular flexibility index (Phi) is 4.14. The molecule has 28 heavy (non-hydrogen) atoms. The van der Waals surface area contributed by atoms with Crippen LogP contribution in [0.3, 0.4) is 0 Å². The van der Waals surface area contributed by atoms with Gasteiger partial charge in [-0.25, -0.2) is 0 Å². The zero-order chi connectivity index (χ0) is 19.1. The lowest BCUT2D eigenvalue weighted by atomic mass is 10.0. The van der Waals surface area contributed by atoms with Gasteiger partial charge in [-0.2, -0.15) is 0 Å². The van der Waals surface area contributed by atoms with Gasteiger partial charge in [0.25, 0.3) is 0 Å². The number of nitrogens with zero attached hydrogens (tertiary/aromatic N) is 1. The van der Waals surface area contributed by atoms with E-state index in [-0.39, 0.29) is 0 Å². The smallest absolute Gasteiger partial charge is 0.0541 e. The quantitative estimate of drug-likeness (QED) is 0.278. The van der Waals surface area contributed by atoms with Crippen molar-refractivity contribution in [1.82, 2.24) is 4.57 Å². The molecule has 1 nitrogen and oxygen atoms in total. The maximum absolute atomic E-state index is 3.86. The van der Waals surface area contributed by atoms with Crippen molar-refractivity contribution in [3.05, 3.63) is 108 Å². The third kappa shape index (κ3) is 2.78. The Bertz CT molecular complexity index is 1310. The number of halogens is 1. The molecule has 0 saturated heterocycles. The standard InChI is InChI=1S/C26H18BrN/c1-2-18-7-14-22(15-8-18)28-25-6-4-3-5-23(25)24-17-20(11-16-26(24)28)19-9-12-21(27)13-10-19/h2-17H,1H2. The van der Waals surface area contributed by atoms with Gasteiger partial charge in [0.15, 0.2) is 0 Å². The lowest BCUT2D eigenvalue weighted by Gasteiger charge is -2.09. The van der Waals surface area contributed by atoms with E-state index in [0.29, 0.717) is 0 Å². The van der Waals surface area contributed by atoms with Gasteiger partial charge in [0.2, 0.25) is 0 Å². The molecule has 4 aromatic carbocycles. The average molecular weight is 424 g/mol. The van der Waals surface area contributed by atoms with Gasteiger partial charge in [-0.05, 0) is 59.2 Å². The molecule has 0 unspecified atom stereocenters. The number of benzene rings is 4. The number of para-hydroxylation sites is 1. The fourth-order valence-corrected chi connectivity index (χ4v) is 4.10. The molecule has 1 aromatic heterocycles. The molecule has 0 atom stereocenters. The number of hydrogen-bond donors (Lipinski definition) is 0. The van der Waals surface area contributed by atoms with Crippen LogP contribution in [-0.4, -0.2) is 4.57 Å². The van der Waals surface area contributed by atoms with Crippen LogP contribution in [0.4, 0.5) is 0 Å². The predicted molar refractivity (Wildman–Crippen MR) is 124 cm³/mol. The SMILES string of the molecule is C=Cc1ccc(-n2c3ccccc3c3cc(-c4ccc(Br)cc4)ccc32)cc1. The van der Waals surface area contributed by atoms with E-state index < -0.39 is 0 Å². The fraction of sp³-hybridized carbons (Fsp3) is 0. The minimum atomic E-state index is 1.09. The van der Waals surface area contributed by atoms with Gasteiger partial charge in [-0.3, -0.25) is 0 Å². The highest BCUT2D eigenvalue weighted by atomic mass is 79.9. The van der Waals surface area contributed by atoms with Crippen molar-refractivity contribution in [1.29, 1.82) is 0 Å². The summed E-state index contributed by atoms with van der Waals surface area (Å²) in [4.78, 5) is 0. The molecule has 2 heteroatoms. The van der Waals surface area contributed by atoms with Gasteiger partial charge in [0.1, 0.15) is 0 Å². The number of aromatic nitrogens is 1. The van der Waals surface area contributed by atoms with E-state index in [1.807, 2.05) is 6.08 Å². The summed E-state index contributed by atoms with van der Waals surface area (Å²) in [6.07, 6.45) is 1.88. The molecular weight excluding hydrogens is 406 g/mol. The summed E-state index contributed by atoms with van der Waals surface area (Å²) in [5.41, 5.74) is 7.17.